The molecule has 0 aromatic heterocycles. The van der Waals surface area contributed by atoms with Gasteiger partial charge in [0.25, 0.3) is 0 Å². The third-order valence-corrected chi connectivity index (χ3v) is 7.85. The van der Waals surface area contributed by atoms with Gasteiger partial charge in [-0.15, -0.1) is 0 Å². The van der Waals surface area contributed by atoms with Gasteiger partial charge in [0.15, 0.2) is 0 Å². The lowest BCUT2D eigenvalue weighted by Gasteiger charge is -2.27. The summed E-state index contributed by atoms with van der Waals surface area (Å²) in [6.07, 6.45) is 9.41. The van der Waals surface area contributed by atoms with Crippen molar-refractivity contribution < 1.29 is 9.59 Å². The van der Waals surface area contributed by atoms with Crippen molar-refractivity contribution in [2.24, 2.45) is 29.6 Å². The van der Waals surface area contributed by atoms with Gasteiger partial charge in [-0.05, 0) is 55.6 Å². The number of benzene rings is 2. The summed E-state index contributed by atoms with van der Waals surface area (Å²) >= 11 is 0. The maximum absolute atomic E-state index is 12.9. The summed E-state index contributed by atoms with van der Waals surface area (Å²) < 4.78 is 0. The van der Waals surface area contributed by atoms with Gasteiger partial charge in [-0.2, -0.15) is 0 Å². The molecule has 0 heterocycles. The van der Waals surface area contributed by atoms with E-state index in [4.69, 9.17) is 0 Å². The zero-order chi connectivity index (χ0) is 20.7. The molecule has 2 amide bonds. The molecule has 3 saturated carbocycles. The van der Waals surface area contributed by atoms with Gasteiger partial charge < -0.3 is 10.6 Å². The van der Waals surface area contributed by atoms with Crippen molar-refractivity contribution in [1.29, 1.82) is 0 Å². The summed E-state index contributed by atoms with van der Waals surface area (Å²) in [4.78, 5) is 25.9. The fourth-order valence-electron chi connectivity index (χ4n) is 6.06. The topological polar surface area (TPSA) is 58.2 Å². The van der Waals surface area contributed by atoms with E-state index in [0.29, 0.717) is 17.8 Å². The molecule has 0 spiro atoms. The van der Waals surface area contributed by atoms with Gasteiger partial charge in [0.05, 0.1) is 0 Å². The number of hydrogen-bond acceptors (Lipinski definition) is 2. The predicted octanol–water partition coefficient (Wildman–Crippen LogP) is 5.98. The molecule has 4 heteroatoms. The first-order chi connectivity index (χ1) is 14.6. The van der Waals surface area contributed by atoms with Crippen molar-refractivity contribution >= 4 is 34.0 Å². The quantitative estimate of drug-likeness (QED) is 0.658. The zero-order valence-electron chi connectivity index (χ0n) is 17.8. The molecule has 3 fully saturated rings. The molecule has 4 unspecified atom stereocenters. The van der Waals surface area contributed by atoms with E-state index in [1.165, 1.54) is 32.1 Å². The Kier molecular flexibility index (Phi) is 5.26. The summed E-state index contributed by atoms with van der Waals surface area (Å²) in [6, 6.07) is 11.9. The van der Waals surface area contributed by atoms with Crippen LogP contribution < -0.4 is 10.6 Å². The maximum Gasteiger partial charge on any atom is 0.228 e. The monoisotopic (exact) mass is 404 g/mol. The third kappa shape index (κ3) is 3.61. The van der Waals surface area contributed by atoms with Gasteiger partial charge in [-0.1, -0.05) is 56.9 Å². The second kappa shape index (κ2) is 8.05. The van der Waals surface area contributed by atoms with Crippen LogP contribution in [-0.2, 0) is 9.59 Å². The van der Waals surface area contributed by atoms with Crippen LogP contribution >= 0.6 is 0 Å². The van der Waals surface area contributed by atoms with E-state index >= 15 is 0 Å². The normalized spacial score (nSPS) is 30.4. The Morgan fingerprint density at radius 1 is 0.733 bits per heavy atom. The van der Waals surface area contributed by atoms with Crippen molar-refractivity contribution in [3.63, 3.8) is 0 Å². The maximum atomic E-state index is 12.9. The Morgan fingerprint density at radius 3 is 1.87 bits per heavy atom. The fraction of sp³-hybridized carbons (Fsp3) is 0.538. The smallest absolute Gasteiger partial charge is 0.228 e. The number of anilines is 2. The minimum Gasteiger partial charge on any atom is -0.325 e. The Bertz CT molecular complexity index is 957. The van der Waals surface area contributed by atoms with Crippen LogP contribution in [0.5, 0.6) is 0 Å². The van der Waals surface area contributed by atoms with E-state index in [1.807, 2.05) is 36.4 Å². The van der Waals surface area contributed by atoms with Gasteiger partial charge in [0.2, 0.25) is 11.8 Å². The highest BCUT2D eigenvalue weighted by Gasteiger charge is 2.54. The number of nitrogens with one attached hydrogen (secondary N) is 2. The van der Waals surface area contributed by atoms with Crippen LogP contribution in [0.3, 0.4) is 0 Å². The molecule has 3 aliphatic rings. The molecular formula is C26H32N2O2. The molecule has 4 atom stereocenters. The van der Waals surface area contributed by atoms with E-state index in [0.717, 1.165) is 41.4 Å². The van der Waals surface area contributed by atoms with E-state index in [9.17, 15) is 9.59 Å². The van der Waals surface area contributed by atoms with Crippen molar-refractivity contribution in [2.45, 2.75) is 58.3 Å². The molecule has 3 aliphatic carbocycles. The van der Waals surface area contributed by atoms with Crippen molar-refractivity contribution in [3.05, 3.63) is 36.4 Å². The van der Waals surface area contributed by atoms with E-state index in [-0.39, 0.29) is 23.7 Å². The average molecular weight is 405 g/mol. The fourth-order valence-corrected chi connectivity index (χ4v) is 6.06. The first kappa shape index (κ1) is 19.6. The Hall–Kier alpha value is -2.36. The highest BCUT2D eigenvalue weighted by molar-refractivity contribution is 6.09. The standard InChI is InChI=1S/C26H32N2O2/c1-16-8-2-3-9-17(16)25(29)27-22-14-6-13-19-18(22)12-7-15-23(19)28-26(30)24-20-10-4-5-11-21(20)24/h6-7,12-17,20-21,24H,2-5,8-11H2,1H3,(H,27,29)(H,28,30). The minimum atomic E-state index is 0.0927. The Morgan fingerprint density at radius 2 is 1.27 bits per heavy atom. The molecule has 4 nitrogen and oxygen atoms in total. The van der Waals surface area contributed by atoms with Crippen LogP contribution in [-0.4, -0.2) is 11.8 Å². The molecule has 2 aromatic carbocycles. The molecular weight excluding hydrogens is 372 g/mol. The zero-order valence-corrected chi connectivity index (χ0v) is 17.8. The van der Waals surface area contributed by atoms with Gasteiger partial charge in [0, 0.05) is 34.0 Å². The van der Waals surface area contributed by atoms with Gasteiger partial charge in [-0.3, -0.25) is 9.59 Å². The third-order valence-electron chi connectivity index (χ3n) is 7.85. The number of fused-ring (bicyclic) bond motifs is 2. The van der Waals surface area contributed by atoms with Crippen molar-refractivity contribution in [3.8, 4) is 0 Å². The van der Waals surface area contributed by atoms with Crippen LogP contribution in [0.1, 0.15) is 58.3 Å². The lowest BCUT2D eigenvalue weighted by Crippen LogP contribution is -2.30. The number of carbonyl (C=O) groups excluding carboxylic acids is 2. The first-order valence-electron chi connectivity index (χ1n) is 11.8. The van der Waals surface area contributed by atoms with Crippen LogP contribution in [0, 0.1) is 29.6 Å². The van der Waals surface area contributed by atoms with Crippen LogP contribution in [0.2, 0.25) is 0 Å². The van der Waals surface area contributed by atoms with Gasteiger partial charge in [-0.25, -0.2) is 0 Å². The SMILES string of the molecule is CC1CCCCC1C(=O)Nc1cccc2c(NC(=O)C3C4CCCCC43)cccc12. The number of rotatable bonds is 4. The lowest BCUT2D eigenvalue weighted by molar-refractivity contribution is -0.122. The summed E-state index contributed by atoms with van der Waals surface area (Å²) in [5.41, 5.74) is 1.69. The van der Waals surface area contributed by atoms with Gasteiger partial charge in [0.1, 0.15) is 0 Å². The summed E-state index contributed by atoms with van der Waals surface area (Å²) in [5.74, 6) is 2.22. The van der Waals surface area contributed by atoms with Crippen molar-refractivity contribution in [1.82, 2.24) is 0 Å². The number of amides is 2. The first-order valence-corrected chi connectivity index (χ1v) is 11.8. The Balaban J connectivity index is 1.35. The van der Waals surface area contributed by atoms with Crippen molar-refractivity contribution in [2.75, 3.05) is 10.6 Å². The molecule has 0 radical (unpaired) electrons. The molecule has 0 aliphatic heterocycles. The second-order valence-electron chi connectivity index (χ2n) is 9.69. The van der Waals surface area contributed by atoms with Crippen LogP contribution in [0.25, 0.3) is 10.8 Å². The highest BCUT2D eigenvalue weighted by atomic mass is 16.2. The van der Waals surface area contributed by atoms with Crippen LogP contribution in [0.4, 0.5) is 11.4 Å². The molecule has 2 aromatic rings. The van der Waals surface area contributed by atoms with Crippen LogP contribution in [0.15, 0.2) is 36.4 Å². The van der Waals surface area contributed by atoms with Gasteiger partial charge >= 0.3 is 0 Å². The predicted molar refractivity (Wildman–Crippen MR) is 121 cm³/mol. The summed E-state index contributed by atoms with van der Waals surface area (Å²) in [6.45, 7) is 2.19. The Labute approximate surface area is 178 Å². The molecule has 0 saturated heterocycles. The average Bonchev–Trinajstić information content (AvgIpc) is 3.49. The minimum absolute atomic E-state index is 0.0927. The molecule has 158 valence electrons. The number of carbonyl (C=O) groups is 2. The second-order valence-corrected chi connectivity index (χ2v) is 9.69. The number of hydrogen-bond donors (Lipinski definition) is 2. The molecule has 5 rings (SSSR count). The molecule has 30 heavy (non-hydrogen) atoms. The summed E-state index contributed by atoms with van der Waals surface area (Å²) in [5, 5.41) is 8.37. The largest absolute Gasteiger partial charge is 0.325 e. The van der Waals surface area contributed by atoms with E-state index < -0.39 is 0 Å². The molecule has 2 N–H and O–H groups in total. The summed E-state index contributed by atoms with van der Waals surface area (Å²) in [7, 11) is 0. The lowest BCUT2D eigenvalue weighted by atomic mass is 9.80. The van der Waals surface area contributed by atoms with E-state index in [2.05, 4.69) is 17.6 Å². The highest BCUT2D eigenvalue weighted by Crippen LogP contribution is 2.55. The van der Waals surface area contributed by atoms with E-state index in [1.54, 1.807) is 0 Å². The molecule has 0 bridgehead atoms.